The van der Waals surface area contributed by atoms with Gasteiger partial charge in [-0.3, -0.25) is 4.79 Å². The first-order chi connectivity index (χ1) is 37.7. The first-order valence-electron chi connectivity index (χ1n) is 32.0. The van der Waals surface area contributed by atoms with E-state index in [1.54, 1.807) is 6.08 Å². The molecule has 0 aromatic carbocycles. The lowest BCUT2D eigenvalue weighted by molar-refractivity contribution is -0.123. The topological polar surface area (TPSA) is 69.6 Å². The first-order valence-corrected chi connectivity index (χ1v) is 32.0. The van der Waals surface area contributed by atoms with Crippen LogP contribution in [0.25, 0.3) is 0 Å². The molecule has 76 heavy (non-hydrogen) atoms. The van der Waals surface area contributed by atoms with Gasteiger partial charge in [0.05, 0.1) is 18.8 Å². The molecule has 0 aromatic rings. The van der Waals surface area contributed by atoms with E-state index < -0.39 is 12.1 Å². The molecule has 0 radical (unpaired) electrons. The number of allylic oxidation sites excluding steroid dienone is 23. The number of carbonyl (C=O) groups excluding carboxylic acids is 1. The van der Waals surface area contributed by atoms with Gasteiger partial charge in [-0.2, -0.15) is 0 Å². The van der Waals surface area contributed by atoms with Crippen molar-refractivity contribution >= 4 is 5.91 Å². The fourth-order valence-corrected chi connectivity index (χ4v) is 8.99. The van der Waals surface area contributed by atoms with Gasteiger partial charge in [0.1, 0.15) is 0 Å². The highest BCUT2D eigenvalue weighted by atomic mass is 16.3. The molecule has 0 bridgehead atoms. The Balaban J connectivity index is 3.67. The minimum atomic E-state index is -0.894. The van der Waals surface area contributed by atoms with Crippen LogP contribution in [-0.2, 0) is 4.79 Å². The van der Waals surface area contributed by atoms with Crippen molar-refractivity contribution in [3.63, 3.8) is 0 Å². The van der Waals surface area contributed by atoms with E-state index in [1.807, 2.05) is 6.08 Å². The molecule has 3 N–H and O–H groups in total. The highest BCUT2D eigenvalue weighted by molar-refractivity contribution is 5.76. The number of carbonyl (C=O) groups is 1. The Morgan fingerprint density at radius 3 is 0.921 bits per heavy atom. The quantitative estimate of drug-likeness (QED) is 0.0420. The monoisotopic (exact) mass is 1050 g/mol. The molecule has 0 aromatic heterocycles. The van der Waals surface area contributed by atoms with Crippen molar-refractivity contribution in [3.8, 4) is 0 Å². The number of hydrogen-bond donors (Lipinski definition) is 3. The smallest absolute Gasteiger partial charge is 0.220 e. The van der Waals surface area contributed by atoms with E-state index in [1.165, 1.54) is 161 Å². The number of aliphatic hydroxyl groups excluding tert-OH is 2. The molecule has 0 aliphatic rings. The van der Waals surface area contributed by atoms with E-state index in [9.17, 15) is 15.0 Å². The third-order valence-corrected chi connectivity index (χ3v) is 13.8. The zero-order chi connectivity index (χ0) is 54.8. The predicted molar refractivity (Wildman–Crippen MR) is 340 cm³/mol. The van der Waals surface area contributed by atoms with Crippen molar-refractivity contribution < 1.29 is 15.0 Å². The molecule has 0 aliphatic heterocycles. The van der Waals surface area contributed by atoms with Crippen molar-refractivity contribution in [2.75, 3.05) is 6.61 Å². The first kappa shape index (κ1) is 72.3. The minimum Gasteiger partial charge on any atom is -0.394 e. The Kier molecular flexibility index (Phi) is 62.3. The van der Waals surface area contributed by atoms with Crippen LogP contribution < -0.4 is 5.32 Å². The fraction of sp³-hybridized carbons (Fsp3) is 0.653. The van der Waals surface area contributed by atoms with Crippen LogP contribution >= 0.6 is 0 Å². The third-order valence-electron chi connectivity index (χ3n) is 13.8. The van der Waals surface area contributed by atoms with Gasteiger partial charge < -0.3 is 15.5 Å². The zero-order valence-electron chi connectivity index (χ0n) is 49.7. The van der Waals surface area contributed by atoms with Crippen LogP contribution in [0.3, 0.4) is 0 Å². The highest BCUT2D eigenvalue weighted by Gasteiger charge is 2.17. The molecule has 4 nitrogen and oxygen atoms in total. The van der Waals surface area contributed by atoms with Crippen molar-refractivity contribution in [1.29, 1.82) is 0 Å². The van der Waals surface area contributed by atoms with Crippen LogP contribution in [0.15, 0.2) is 146 Å². The second kappa shape index (κ2) is 65.6. The molecule has 0 heterocycles. The summed E-state index contributed by atoms with van der Waals surface area (Å²) in [6.45, 7) is 4.18. The summed E-state index contributed by atoms with van der Waals surface area (Å²) >= 11 is 0. The summed E-state index contributed by atoms with van der Waals surface area (Å²) in [6.07, 6.45) is 103. The van der Waals surface area contributed by atoms with E-state index in [0.717, 1.165) is 103 Å². The lowest BCUT2D eigenvalue weighted by Gasteiger charge is -2.19. The Labute approximate surface area is 472 Å². The van der Waals surface area contributed by atoms with Gasteiger partial charge in [-0.05, 0) is 109 Å². The molecule has 0 fully saturated rings. The summed E-state index contributed by atoms with van der Waals surface area (Å²) in [7, 11) is 0. The zero-order valence-corrected chi connectivity index (χ0v) is 49.7. The van der Waals surface area contributed by atoms with Crippen molar-refractivity contribution in [3.05, 3.63) is 146 Å². The predicted octanol–water partition coefficient (Wildman–Crippen LogP) is 21.9. The SMILES string of the molecule is CC/C=C\C/C=C\C/C=C\C/C=C\C/C=C\C/C=C\C/C=C\C/C=C\C/C=C\C/C=C\CCCCC(=O)NC(CO)C(O)/C=C/CC/C=C/CCCCCCCCCCCCCCCCCCCCCCCCCCC. The molecule has 0 saturated carbocycles. The Hall–Kier alpha value is -3.73. The summed E-state index contributed by atoms with van der Waals surface area (Å²) in [5.41, 5.74) is 0. The average molecular weight is 1050 g/mol. The lowest BCUT2D eigenvalue weighted by Crippen LogP contribution is -2.45. The molecular formula is C72H121NO3. The van der Waals surface area contributed by atoms with E-state index in [-0.39, 0.29) is 12.5 Å². The maximum absolute atomic E-state index is 12.5. The van der Waals surface area contributed by atoms with E-state index >= 15 is 0 Å². The van der Waals surface area contributed by atoms with Gasteiger partial charge in [-0.25, -0.2) is 0 Å². The number of hydrogen-bond acceptors (Lipinski definition) is 3. The van der Waals surface area contributed by atoms with Gasteiger partial charge in [-0.1, -0.05) is 314 Å². The number of unbranched alkanes of at least 4 members (excludes halogenated alkanes) is 28. The Morgan fingerprint density at radius 1 is 0.329 bits per heavy atom. The summed E-state index contributed by atoms with van der Waals surface area (Å²) in [6, 6.07) is -0.676. The second-order valence-corrected chi connectivity index (χ2v) is 21.1. The molecular weight excluding hydrogens is 927 g/mol. The van der Waals surface area contributed by atoms with E-state index in [2.05, 4.69) is 153 Å². The molecule has 0 aliphatic carbocycles. The van der Waals surface area contributed by atoms with Gasteiger partial charge in [0.25, 0.3) is 0 Å². The standard InChI is InChI=1S/C72H121NO3/c1-3-5-7-9-11-13-15-17-19-21-23-25-27-29-31-33-35-36-38-40-42-44-46-48-50-52-54-56-58-60-62-64-66-68-72(76)73-70(69-74)71(75)67-65-63-61-59-57-55-53-51-49-47-45-43-41-39-37-34-32-30-28-26-24-22-20-18-16-14-12-10-8-6-4-2/h5,7,11,13,17,19,23,25,29,31,35-36,40,42,46,48,52,54,57-60,65,67,70-71,74-75H,3-4,6,8-10,12,14-16,18,20-22,24,26-28,30,32-34,37-39,41,43-45,47,49-51,53,55-56,61-64,66,68-69H2,1-2H3,(H,73,76)/b7-5-,13-11-,19-17-,25-23-,31-29-,36-35-,42-40-,48-46-,54-52-,59-57+,60-58-,67-65+. The number of nitrogens with one attached hydrogen (secondary N) is 1. The van der Waals surface area contributed by atoms with E-state index in [0.29, 0.717) is 6.42 Å². The average Bonchev–Trinajstić information content (AvgIpc) is 3.42. The minimum absolute atomic E-state index is 0.120. The lowest BCUT2D eigenvalue weighted by atomic mass is 10.0. The number of aliphatic hydroxyl groups is 2. The van der Waals surface area contributed by atoms with Crippen LogP contribution in [-0.4, -0.2) is 34.9 Å². The Morgan fingerprint density at radius 2 is 0.592 bits per heavy atom. The van der Waals surface area contributed by atoms with Gasteiger partial charge in [0.15, 0.2) is 0 Å². The van der Waals surface area contributed by atoms with Crippen LogP contribution in [0.5, 0.6) is 0 Å². The fourth-order valence-electron chi connectivity index (χ4n) is 8.99. The largest absolute Gasteiger partial charge is 0.394 e. The van der Waals surface area contributed by atoms with Gasteiger partial charge in [0.2, 0.25) is 5.91 Å². The van der Waals surface area contributed by atoms with Gasteiger partial charge in [-0.15, -0.1) is 0 Å². The van der Waals surface area contributed by atoms with Gasteiger partial charge in [0, 0.05) is 6.42 Å². The molecule has 2 unspecified atom stereocenters. The second-order valence-electron chi connectivity index (χ2n) is 21.1. The summed E-state index contributed by atoms with van der Waals surface area (Å²) in [5, 5.41) is 23.2. The summed E-state index contributed by atoms with van der Waals surface area (Å²) < 4.78 is 0. The normalized spacial score (nSPS) is 13.8. The van der Waals surface area contributed by atoms with Crippen LogP contribution in [0.4, 0.5) is 0 Å². The third kappa shape index (κ3) is 61.1. The molecule has 0 saturated heterocycles. The van der Waals surface area contributed by atoms with Crippen molar-refractivity contribution in [2.24, 2.45) is 0 Å². The van der Waals surface area contributed by atoms with Crippen molar-refractivity contribution in [2.45, 2.75) is 296 Å². The van der Waals surface area contributed by atoms with E-state index in [4.69, 9.17) is 0 Å². The summed E-state index contributed by atoms with van der Waals surface area (Å²) in [5.74, 6) is -0.120. The number of rotatable bonds is 57. The molecule has 0 spiro atoms. The molecule has 432 valence electrons. The Bertz CT molecular complexity index is 1560. The molecule has 2 atom stereocenters. The van der Waals surface area contributed by atoms with Crippen LogP contribution in [0.1, 0.15) is 284 Å². The summed E-state index contributed by atoms with van der Waals surface area (Å²) in [4.78, 5) is 12.5. The van der Waals surface area contributed by atoms with Crippen LogP contribution in [0, 0.1) is 0 Å². The molecule has 0 rings (SSSR count). The molecule has 4 heteroatoms. The maximum atomic E-state index is 12.5. The van der Waals surface area contributed by atoms with Crippen LogP contribution in [0.2, 0.25) is 0 Å². The highest BCUT2D eigenvalue weighted by Crippen LogP contribution is 2.16. The molecule has 1 amide bonds. The number of amides is 1. The van der Waals surface area contributed by atoms with Crippen molar-refractivity contribution in [1.82, 2.24) is 5.32 Å². The maximum Gasteiger partial charge on any atom is 0.220 e. The van der Waals surface area contributed by atoms with Gasteiger partial charge >= 0.3 is 0 Å².